The minimum absolute atomic E-state index is 0.0111. The van der Waals surface area contributed by atoms with Crippen LogP contribution in [0.15, 0.2) is 18.2 Å². The minimum Gasteiger partial charge on any atom is -0.481 e. The van der Waals surface area contributed by atoms with E-state index < -0.39 is 6.10 Å². The number of hydrogen-bond acceptors (Lipinski definition) is 4. The predicted octanol–water partition coefficient (Wildman–Crippen LogP) is 3.53. The van der Waals surface area contributed by atoms with Crippen LogP contribution in [0.25, 0.3) is 0 Å². The van der Waals surface area contributed by atoms with Crippen LogP contribution in [0, 0.1) is 13.8 Å². The number of piperazine rings is 1. The van der Waals surface area contributed by atoms with Gasteiger partial charge in [0.15, 0.2) is 6.10 Å². The zero-order valence-corrected chi connectivity index (χ0v) is 18.8. The fourth-order valence-corrected chi connectivity index (χ4v) is 4.84. The minimum atomic E-state index is -0.493. The van der Waals surface area contributed by atoms with Gasteiger partial charge in [-0.1, -0.05) is 38.3 Å². The molecule has 0 spiro atoms. The molecule has 1 aliphatic heterocycles. The van der Waals surface area contributed by atoms with Crippen LogP contribution in [0.5, 0.6) is 5.75 Å². The highest BCUT2D eigenvalue weighted by molar-refractivity contribution is 5.80. The van der Waals surface area contributed by atoms with E-state index in [0.717, 1.165) is 50.6 Å². The van der Waals surface area contributed by atoms with E-state index in [1.807, 2.05) is 26.0 Å². The Balaban J connectivity index is 1.60. The fourth-order valence-electron chi connectivity index (χ4n) is 4.84. The van der Waals surface area contributed by atoms with Gasteiger partial charge in [-0.15, -0.1) is 0 Å². The van der Waals surface area contributed by atoms with E-state index in [-0.39, 0.29) is 11.4 Å². The number of likely N-dealkylation sites (N-methyl/N-ethyl adjacent to an activating group) is 1. The Bertz CT molecular complexity index is 677. The summed E-state index contributed by atoms with van der Waals surface area (Å²) in [5.41, 5.74) is 2.40. The van der Waals surface area contributed by atoms with Crippen LogP contribution in [0.4, 0.5) is 0 Å². The van der Waals surface area contributed by atoms with Crippen molar-refractivity contribution in [3.05, 3.63) is 29.3 Å². The lowest BCUT2D eigenvalue weighted by molar-refractivity contribution is -0.128. The summed E-state index contributed by atoms with van der Waals surface area (Å²) in [6.45, 7) is 14.6. The third-order valence-corrected chi connectivity index (χ3v) is 7.09. The number of carbonyl (C=O) groups is 1. The van der Waals surface area contributed by atoms with Crippen molar-refractivity contribution >= 4 is 5.91 Å². The van der Waals surface area contributed by atoms with Gasteiger partial charge < -0.3 is 15.0 Å². The highest BCUT2D eigenvalue weighted by Gasteiger charge is 2.39. The summed E-state index contributed by atoms with van der Waals surface area (Å²) < 4.78 is 6.00. The maximum absolute atomic E-state index is 12.8. The Morgan fingerprint density at radius 1 is 1.14 bits per heavy atom. The molecule has 162 valence electrons. The highest BCUT2D eigenvalue weighted by atomic mass is 16.5. The summed E-state index contributed by atoms with van der Waals surface area (Å²) in [6, 6.07) is 6.00. The van der Waals surface area contributed by atoms with Gasteiger partial charge in [0.05, 0.1) is 0 Å². The van der Waals surface area contributed by atoms with E-state index >= 15 is 0 Å². The van der Waals surface area contributed by atoms with E-state index in [1.165, 1.54) is 37.7 Å². The molecule has 29 heavy (non-hydrogen) atoms. The molecule has 0 bridgehead atoms. The second kappa shape index (κ2) is 9.94. The van der Waals surface area contributed by atoms with Gasteiger partial charge in [0.1, 0.15) is 5.75 Å². The Morgan fingerprint density at radius 3 is 2.48 bits per heavy atom. The van der Waals surface area contributed by atoms with Gasteiger partial charge in [0.2, 0.25) is 0 Å². The van der Waals surface area contributed by atoms with Crippen molar-refractivity contribution in [1.29, 1.82) is 0 Å². The molecule has 1 amide bonds. The molecule has 5 heteroatoms. The third-order valence-electron chi connectivity index (χ3n) is 7.09. The summed E-state index contributed by atoms with van der Waals surface area (Å²) in [4.78, 5) is 18.0. The smallest absolute Gasteiger partial charge is 0.260 e. The number of ether oxygens (including phenoxy) is 1. The SMILES string of the molecule is CCN1CCN(C2(CNC(=O)[C@H](C)Oc3cccc(C)c3C)CCCCC2)CC1. The fraction of sp³-hybridized carbons (Fsp3) is 0.708. The van der Waals surface area contributed by atoms with Crippen molar-refractivity contribution in [2.24, 2.45) is 0 Å². The zero-order valence-electron chi connectivity index (χ0n) is 18.8. The van der Waals surface area contributed by atoms with Gasteiger partial charge >= 0.3 is 0 Å². The molecular weight excluding hydrogens is 362 g/mol. The number of benzene rings is 1. The molecule has 1 aromatic rings. The number of amides is 1. The van der Waals surface area contributed by atoms with Crippen LogP contribution in [-0.2, 0) is 4.79 Å². The van der Waals surface area contributed by atoms with Crippen LogP contribution in [0.1, 0.15) is 57.1 Å². The van der Waals surface area contributed by atoms with Crippen LogP contribution in [-0.4, -0.2) is 66.6 Å². The largest absolute Gasteiger partial charge is 0.481 e. The Labute approximate surface area is 176 Å². The molecule has 3 rings (SSSR count). The third kappa shape index (κ3) is 5.32. The van der Waals surface area contributed by atoms with E-state index in [1.54, 1.807) is 0 Å². The van der Waals surface area contributed by atoms with Gasteiger partial charge in [-0.3, -0.25) is 9.69 Å². The second-order valence-electron chi connectivity index (χ2n) is 8.88. The molecule has 1 aromatic carbocycles. The number of aryl methyl sites for hydroxylation is 1. The Hall–Kier alpha value is -1.59. The van der Waals surface area contributed by atoms with Crippen molar-refractivity contribution < 1.29 is 9.53 Å². The molecule has 0 radical (unpaired) electrons. The topological polar surface area (TPSA) is 44.8 Å². The molecule has 1 aliphatic carbocycles. The van der Waals surface area contributed by atoms with Crippen LogP contribution in [0.2, 0.25) is 0 Å². The summed E-state index contributed by atoms with van der Waals surface area (Å²) in [5, 5.41) is 3.25. The maximum atomic E-state index is 12.8. The van der Waals surface area contributed by atoms with Gasteiger partial charge in [-0.25, -0.2) is 0 Å². The monoisotopic (exact) mass is 401 g/mol. The van der Waals surface area contributed by atoms with Crippen molar-refractivity contribution in [2.45, 2.75) is 71.4 Å². The average Bonchev–Trinajstić information content (AvgIpc) is 2.76. The van der Waals surface area contributed by atoms with Gasteiger partial charge in [-0.2, -0.15) is 0 Å². The Morgan fingerprint density at radius 2 is 1.83 bits per heavy atom. The second-order valence-corrected chi connectivity index (χ2v) is 8.88. The molecule has 1 saturated carbocycles. The van der Waals surface area contributed by atoms with E-state index in [9.17, 15) is 4.79 Å². The first-order chi connectivity index (χ1) is 13.9. The van der Waals surface area contributed by atoms with Crippen LogP contribution >= 0.6 is 0 Å². The number of rotatable bonds is 7. The zero-order chi connectivity index (χ0) is 20.9. The molecule has 1 saturated heterocycles. The number of hydrogen-bond donors (Lipinski definition) is 1. The molecule has 5 nitrogen and oxygen atoms in total. The van der Waals surface area contributed by atoms with E-state index in [2.05, 4.69) is 35.0 Å². The predicted molar refractivity (Wildman–Crippen MR) is 119 cm³/mol. The van der Waals surface area contributed by atoms with Gasteiger partial charge in [0, 0.05) is 38.3 Å². The first-order valence-electron chi connectivity index (χ1n) is 11.4. The lowest BCUT2D eigenvalue weighted by atomic mass is 9.79. The summed E-state index contributed by atoms with van der Waals surface area (Å²) in [7, 11) is 0. The van der Waals surface area contributed by atoms with Crippen molar-refractivity contribution in [1.82, 2.24) is 15.1 Å². The summed E-state index contributed by atoms with van der Waals surface area (Å²) in [6.07, 6.45) is 5.72. The summed E-state index contributed by atoms with van der Waals surface area (Å²) >= 11 is 0. The first kappa shape index (κ1) is 22.1. The molecule has 0 aromatic heterocycles. The highest BCUT2D eigenvalue weighted by Crippen LogP contribution is 2.34. The molecule has 1 N–H and O–H groups in total. The summed E-state index contributed by atoms with van der Waals surface area (Å²) in [5.74, 6) is 0.791. The Kier molecular flexibility index (Phi) is 7.58. The molecular formula is C24H39N3O2. The lowest BCUT2D eigenvalue weighted by Crippen LogP contribution is -2.62. The number of carbonyl (C=O) groups excluding carboxylic acids is 1. The van der Waals surface area contributed by atoms with Crippen LogP contribution < -0.4 is 10.1 Å². The molecule has 1 heterocycles. The normalized spacial score (nSPS) is 21.5. The van der Waals surface area contributed by atoms with Crippen LogP contribution in [0.3, 0.4) is 0 Å². The molecule has 2 fully saturated rings. The molecule has 0 unspecified atom stereocenters. The maximum Gasteiger partial charge on any atom is 0.260 e. The molecule has 2 aliphatic rings. The quantitative estimate of drug-likeness (QED) is 0.759. The first-order valence-corrected chi connectivity index (χ1v) is 11.4. The molecule has 1 atom stereocenters. The van der Waals surface area contributed by atoms with Gasteiger partial charge in [0.25, 0.3) is 5.91 Å². The number of nitrogens with zero attached hydrogens (tertiary/aromatic N) is 2. The number of nitrogens with one attached hydrogen (secondary N) is 1. The average molecular weight is 402 g/mol. The standard InChI is InChI=1S/C24H39N3O2/c1-5-26-14-16-27(17-15-26)24(12-7-6-8-13-24)18-25-23(28)21(4)29-22-11-9-10-19(2)20(22)3/h9-11,21H,5-8,12-18H2,1-4H3,(H,25,28)/t21-/m0/s1. The van der Waals surface area contributed by atoms with Crippen molar-refractivity contribution in [3.63, 3.8) is 0 Å². The van der Waals surface area contributed by atoms with Crippen molar-refractivity contribution in [2.75, 3.05) is 39.3 Å². The van der Waals surface area contributed by atoms with E-state index in [4.69, 9.17) is 4.74 Å². The van der Waals surface area contributed by atoms with Crippen molar-refractivity contribution in [3.8, 4) is 5.75 Å². The van der Waals surface area contributed by atoms with E-state index in [0.29, 0.717) is 0 Å². The lowest BCUT2D eigenvalue weighted by Gasteiger charge is -2.50. The van der Waals surface area contributed by atoms with Gasteiger partial charge in [-0.05, 0) is 57.4 Å².